The third-order valence-electron chi connectivity index (χ3n) is 2.65. The van der Waals surface area contributed by atoms with E-state index < -0.39 is 0 Å². The van der Waals surface area contributed by atoms with Crippen molar-refractivity contribution in [2.24, 2.45) is 0 Å². The van der Waals surface area contributed by atoms with E-state index in [9.17, 15) is 0 Å². The van der Waals surface area contributed by atoms with Crippen molar-refractivity contribution in [2.75, 3.05) is 12.3 Å². The molecule has 0 aliphatic heterocycles. The molecule has 2 nitrogen and oxygen atoms in total. The van der Waals surface area contributed by atoms with Crippen LogP contribution >= 0.6 is 15.9 Å². The Morgan fingerprint density at radius 2 is 1.83 bits per heavy atom. The van der Waals surface area contributed by atoms with Crippen LogP contribution in [0.4, 0.5) is 5.69 Å². The maximum atomic E-state index is 5.65. The standard InChI is InChI=1S/C15H16BrNO/c16-13-5-1-3-12(11-13)4-2-10-18-15-8-6-14(17)7-9-15/h1,3,5-9,11H,2,4,10,17H2. The fraction of sp³-hybridized carbons (Fsp3) is 0.200. The van der Waals surface area contributed by atoms with Crippen LogP contribution in [-0.2, 0) is 6.42 Å². The normalized spacial score (nSPS) is 10.3. The summed E-state index contributed by atoms with van der Waals surface area (Å²) in [6.07, 6.45) is 2.02. The number of rotatable bonds is 5. The van der Waals surface area contributed by atoms with Gasteiger partial charge in [-0.2, -0.15) is 0 Å². The molecule has 0 bridgehead atoms. The Kier molecular flexibility index (Phi) is 4.65. The average Bonchev–Trinajstić information content (AvgIpc) is 2.37. The molecule has 18 heavy (non-hydrogen) atoms. The van der Waals surface area contributed by atoms with Crippen molar-refractivity contribution in [3.05, 3.63) is 58.6 Å². The van der Waals surface area contributed by atoms with Gasteiger partial charge in [-0.05, 0) is 54.8 Å². The molecule has 0 aliphatic carbocycles. The van der Waals surface area contributed by atoms with E-state index in [0.717, 1.165) is 35.4 Å². The number of aryl methyl sites for hydroxylation is 1. The van der Waals surface area contributed by atoms with Gasteiger partial charge in [-0.1, -0.05) is 28.1 Å². The predicted octanol–water partition coefficient (Wildman–Crippen LogP) is 4.04. The number of benzene rings is 2. The second-order valence-electron chi connectivity index (χ2n) is 4.15. The number of halogens is 1. The molecule has 0 saturated carbocycles. The largest absolute Gasteiger partial charge is 0.494 e. The molecule has 2 rings (SSSR count). The quantitative estimate of drug-likeness (QED) is 0.668. The van der Waals surface area contributed by atoms with E-state index >= 15 is 0 Å². The summed E-state index contributed by atoms with van der Waals surface area (Å²) >= 11 is 3.47. The van der Waals surface area contributed by atoms with Gasteiger partial charge in [-0.15, -0.1) is 0 Å². The predicted molar refractivity (Wildman–Crippen MR) is 78.8 cm³/mol. The Hall–Kier alpha value is -1.48. The van der Waals surface area contributed by atoms with Gasteiger partial charge in [-0.3, -0.25) is 0 Å². The van der Waals surface area contributed by atoms with Crippen LogP contribution in [0, 0.1) is 0 Å². The minimum absolute atomic E-state index is 0.719. The van der Waals surface area contributed by atoms with Crippen LogP contribution in [0.2, 0.25) is 0 Å². The van der Waals surface area contributed by atoms with Crippen LogP contribution in [0.25, 0.3) is 0 Å². The summed E-state index contributed by atoms with van der Waals surface area (Å²) < 4.78 is 6.77. The summed E-state index contributed by atoms with van der Waals surface area (Å²) in [4.78, 5) is 0. The monoisotopic (exact) mass is 305 g/mol. The van der Waals surface area contributed by atoms with Crippen LogP contribution in [0.15, 0.2) is 53.0 Å². The van der Waals surface area contributed by atoms with Crippen LogP contribution in [0.1, 0.15) is 12.0 Å². The average molecular weight is 306 g/mol. The van der Waals surface area contributed by atoms with E-state index in [4.69, 9.17) is 10.5 Å². The first kappa shape index (κ1) is 13.0. The van der Waals surface area contributed by atoms with E-state index in [0.29, 0.717) is 0 Å². The Morgan fingerprint density at radius 3 is 2.56 bits per heavy atom. The number of hydrogen-bond acceptors (Lipinski definition) is 2. The first-order valence-corrected chi connectivity index (χ1v) is 6.76. The lowest BCUT2D eigenvalue weighted by atomic mass is 10.1. The molecule has 0 atom stereocenters. The van der Waals surface area contributed by atoms with E-state index in [2.05, 4.69) is 34.1 Å². The van der Waals surface area contributed by atoms with Crippen LogP contribution < -0.4 is 10.5 Å². The van der Waals surface area contributed by atoms with E-state index in [1.54, 1.807) is 0 Å². The van der Waals surface area contributed by atoms with Gasteiger partial charge in [0.25, 0.3) is 0 Å². The van der Waals surface area contributed by atoms with E-state index in [1.165, 1.54) is 5.56 Å². The molecule has 0 unspecified atom stereocenters. The highest BCUT2D eigenvalue weighted by molar-refractivity contribution is 9.10. The number of ether oxygens (including phenoxy) is 1. The summed E-state index contributed by atoms with van der Waals surface area (Å²) in [6.45, 7) is 0.719. The zero-order valence-electron chi connectivity index (χ0n) is 10.1. The molecule has 3 heteroatoms. The topological polar surface area (TPSA) is 35.2 Å². The first-order valence-electron chi connectivity index (χ1n) is 5.97. The minimum atomic E-state index is 0.719. The van der Waals surface area contributed by atoms with Crippen molar-refractivity contribution < 1.29 is 4.74 Å². The number of hydrogen-bond donors (Lipinski definition) is 1. The summed E-state index contributed by atoms with van der Waals surface area (Å²) in [6, 6.07) is 15.9. The number of anilines is 1. The van der Waals surface area contributed by atoms with E-state index in [1.807, 2.05) is 30.3 Å². The SMILES string of the molecule is Nc1ccc(OCCCc2cccc(Br)c2)cc1. The molecule has 94 valence electrons. The van der Waals surface area contributed by atoms with Crippen LogP contribution in [-0.4, -0.2) is 6.61 Å². The third kappa shape index (κ3) is 4.08. The first-order chi connectivity index (χ1) is 8.74. The van der Waals surface area contributed by atoms with Crippen molar-refractivity contribution in [1.29, 1.82) is 0 Å². The lowest BCUT2D eigenvalue weighted by Gasteiger charge is -2.06. The minimum Gasteiger partial charge on any atom is -0.494 e. The molecular weight excluding hydrogens is 290 g/mol. The molecule has 2 aromatic carbocycles. The molecule has 0 amide bonds. The molecule has 0 aliphatic rings. The fourth-order valence-electron chi connectivity index (χ4n) is 1.72. The summed E-state index contributed by atoms with van der Waals surface area (Å²) in [5.74, 6) is 0.874. The van der Waals surface area contributed by atoms with Gasteiger partial charge < -0.3 is 10.5 Å². The van der Waals surface area contributed by atoms with Gasteiger partial charge in [0, 0.05) is 10.2 Å². The van der Waals surface area contributed by atoms with Crippen molar-refractivity contribution >= 4 is 21.6 Å². The van der Waals surface area contributed by atoms with E-state index in [-0.39, 0.29) is 0 Å². The maximum absolute atomic E-state index is 5.65. The zero-order valence-corrected chi connectivity index (χ0v) is 11.7. The van der Waals surface area contributed by atoms with Gasteiger partial charge in [0.05, 0.1) is 6.61 Å². The van der Waals surface area contributed by atoms with Gasteiger partial charge in [0.1, 0.15) is 5.75 Å². The van der Waals surface area contributed by atoms with Crippen molar-refractivity contribution in [2.45, 2.75) is 12.8 Å². The van der Waals surface area contributed by atoms with Crippen molar-refractivity contribution in [3.63, 3.8) is 0 Å². The highest BCUT2D eigenvalue weighted by Crippen LogP contribution is 2.15. The molecule has 0 radical (unpaired) electrons. The molecular formula is C15H16BrNO. The molecule has 0 spiro atoms. The lowest BCUT2D eigenvalue weighted by molar-refractivity contribution is 0.311. The number of nitrogen functional groups attached to an aromatic ring is 1. The summed E-state index contributed by atoms with van der Waals surface area (Å²) in [5, 5.41) is 0. The molecule has 0 saturated heterocycles. The molecule has 2 aromatic rings. The summed E-state index contributed by atoms with van der Waals surface area (Å²) in [5.41, 5.74) is 7.70. The zero-order chi connectivity index (χ0) is 12.8. The van der Waals surface area contributed by atoms with Crippen LogP contribution in [0.3, 0.4) is 0 Å². The maximum Gasteiger partial charge on any atom is 0.119 e. The second-order valence-corrected chi connectivity index (χ2v) is 5.07. The Balaban J connectivity index is 1.74. The fourth-order valence-corrected chi connectivity index (χ4v) is 2.17. The van der Waals surface area contributed by atoms with Gasteiger partial charge in [0.2, 0.25) is 0 Å². The Labute approximate surface area is 116 Å². The Morgan fingerprint density at radius 1 is 1.06 bits per heavy atom. The highest BCUT2D eigenvalue weighted by Gasteiger charge is 1.96. The lowest BCUT2D eigenvalue weighted by Crippen LogP contribution is -1.99. The molecule has 0 heterocycles. The molecule has 2 N–H and O–H groups in total. The Bertz CT molecular complexity index is 496. The van der Waals surface area contributed by atoms with Crippen molar-refractivity contribution in [1.82, 2.24) is 0 Å². The van der Waals surface area contributed by atoms with Gasteiger partial charge in [0.15, 0.2) is 0 Å². The third-order valence-corrected chi connectivity index (χ3v) is 3.14. The smallest absolute Gasteiger partial charge is 0.119 e. The van der Waals surface area contributed by atoms with Crippen LogP contribution in [0.5, 0.6) is 5.75 Å². The summed E-state index contributed by atoms with van der Waals surface area (Å²) in [7, 11) is 0. The number of nitrogens with two attached hydrogens (primary N) is 1. The van der Waals surface area contributed by atoms with Gasteiger partial charge in [-0.25, -0.2) is 0 Å². The highest BCUT2D eigenvalue weighted by atomic mass is 79.9. The van der Waals surface area contributed by atoms with Gasteiger partial charge >= 0.3 is 0 Å². The van der Waals surface area contributed by atoms with Crippen molar-refractivity contribution in [3.8, 4) is 5.75 Å². The molecule has 0 aromatic heterocycles. The molecule has 0 fully saturated rings. The second kappa shape index (κ2) is 6.45.